The van der Waals surface area contributed by atoms with Crippen LogP contribution in [-0.4, -0.2) is 40.0 Å². The van der Waals surface area contributed by atoms with Crippen molar-refractivity contribution in [1.29, 1.82) is 0 Å². The molecule has 21 heavy (non-hydrogen) atoms. The molecule has 1 aliphatic heterocycles. The number of aliphatic hydroxyl groups is 1. The number of hydrogen-bond donors (Lipinski definition) is 3. The summed E-state index contributed by atoms with van der Waals surface area (Å²) in [6, 6.07) is 0. The van der Waals surface area contributed by atoms with Gasteiger partial charge in [-0.05, 0) is 6.92 Å². The van der Waals surface area contributed by atoms with Crippen LogP contribution in [-0.2, 0) is 9.57 Å². The fraction of sp³-hybridized carbons (Fsp3) is 0.538. The van der Waals surface area contributed by atoms with Gasteiger partial charge in [-0.2, -0.15) is 5.48 Å². The second kappa shape index (κ2) is 6.81. The minimum Gasteiger partial charge on any atom is -0.390 e. The molecule has 0 bridgehead atoms. The van der Waals surface area contributed by atoms with Crippen molar-refractivity contribution in [3.63, 3.8) is 0 Å². The number of nitrogens with zero attached hydrogens (tertiary/aromatic N) is 1. The molecule has 0 radical (unpaired) electrons. The second-order valence-electron chi connectivity index (χ2n) is 4.86. The molecule has 0 aromatic carbocycles. The molecule has 2 heterocycles. The third-order valence-electron chi connectivity index (χ3n) is 3.24. The van der Waals surface area contributed by atoms with Gasteiger partial charge in [-0.15, -0.1) is 6.58 Å². The van der Waals surface area contributed by atoms with E-state index in [4.69, 9.17) is 9.57 Å². The van der Waals surface area contributed by atoms with Crippen LogP contribution in [0.15, 0.2) is 28.4 Å². The number of hydrogen-bond acceptors (Lipinski definition) is 6. The average molecular weight is 297 g/mol. The van der Waals surface area contributed by atoms with Crippen LogP contribution in [0.2, 0.25) is 0 Å². The lowest BCUT2D eigenvalue weighted by molar-refractivity contribution is -0.0840. The van der Waals surface area contributed by atoms with Crippen LogP contribution in [0.25, 0.3) is 0 Å². The lowest BCUT2D eigenvalue weighted by Crippen LogP contribution is -2.33. The predicted molar refractivity (Wildman–Crippen MR) is 74.7 cm³/mol. The number of aliphatic hydroxyl groups excluding tert-OH is 1. The van der Waals surface area contributed by atoms with Gasteiger partial charge in [0.1, 0.15) is 12.3 Å². The van der Waals surface area contributed by atoms with Gasteiger partial charge in [-0.3, -0.25) is 19.2 Å². The van der Waals surface area contributed by atoms with Crippen molar-refractivity contribution in [2.24, 2.45) is 0 Å². The molecule has 2 rings (SSSR count). The normalized spacial score (nSPS) is 25.1. The molecule has 8 nitrogen and oxygen atoms in total. The highest BCUT2D eigenvalue weighted by molar-refractivity contribution is 5.02. The summed E-state index contributed by atoms with van der Waals surface area (Å²) in [7, 11) is 0. The highest BCUT2D eigenvalue weighted by Crippen LogP contribution is 2.27. The number of H-pyrrole nitrogens is 1. The topological polar surface area (TPSA) is 106 Å². The molecule has 0 saturated carbocycles. The average Bonchev–Trinajstić information content (AvgIpc) is 2.80. The Labute approximate surface area is 121 Å². The van der Waals surface area contributed by atoms with Crippen LogP contribution in [0, 0.1) is 6.92 Å². The molecular formula is C13H19N3O5. The molecule has 3 N–H and O–H groups in total. The zero-order valence-electron chi connectivity index (χ0n) is 11.7. The van der Waals surface area contributed by atoms with E-state index < -0.39 is 29.7 Å². The Morgan fingerprint density at radius 2 is 2.43 bits per heavy atom. The van der Waals surface area contributed by atoms with Crippen molar-refractivity contribution in [3.8, 4) is 0 Å². The lowest BCUT2D eigenvalue weighted by Gasteiger charge is -2.16. The Kier molecular flexibility index (Phi) is 5.07. The minimum absolute atomic E-state index is 0.141. The number of hydroxylamine groups is 1. The maximum atomic E-state index is 11.8. The molecule has 1 saturated heterocycles. The fourth-order valence-corrected chi connectivity index (χ4v) is 2.09. The molecule has 0 aliphatic carbocycles. The van der Waals surface area contributed by atoms with Gasteiger partial charge in [0.2, 0.25) is 0 Å². The fourth-order valence-electron chi connectivity index (χ4n) is 2.09. The Morgan fingerprint density at radius 1 is 1.67 bits per heavy atom. The summed E-state index contributed by atoms with van der Waals surface area (Å²) in [5, 5.41) is 9.95. The minimum atomic E-state index is -0.750. The van der Waals surface area contributed by atoms with Gasteiger partial charge in [0.05, 0.1) is 12.7 Å². The Bertz CT molecular complexity index is 609. The first kappa shape index (κ1) is 15.6. The summed E-state index contributed by atoms with van der Waals surface area (Å²) >= 11 is 0. The largest absolute Gasteiger partial charge is 0.390 e. The number of aryl methyl sites for hydroxylation is 1. The van der Waals surface area contributed by atoms with Crippen molar-refractivity contribution in [2.45, 2.75) is 31.8 Å². The van der Waals surface area contributed by atoms with E-state index >= 15 is 0 Å². The molecule has 1 aromatic rings. The van der Waals surface area contributed by atoms with Crippen molar-refractivity contribution < 1.29 is 14.7 Å². The van der Waals surface area contributed by atoms with E-state index in [0.29, 0.717) is 12.1 Å². The van der Waals surface area contributed by atoms with E-state index in [1.54, 1.807) is 13.0 Å². The van der Waals surface area contributed by atoms with Crippen molar-refractivity contribution in [2.75, 3.05) is 13.2 Å². The summed E-state index contributed by atoms with van der Waals surface area (Å²) in [4.78, 5) is 30.5. The zero-order valence-corrected chi connectivity index (χ0v) is 11.7. The standard InChI is InChI=1S/C13H19N3O5/c1-3-4-14-20-7-10-9(17)5-11(21-10)16-6-8(2)12(18)15-13(16)19/h3,6,9-11,14,17H,1,4-5,7H2,2H3,(H,15,18,19)/t9?,10-,11-/m1/s1. The van der Waals surface area contributed by atoms with Crippen molar-refractivity contribution in [3.05, 3.63) is 45.3 Å². The van der Waals surface area contributed by atoms with Crippen molar-refractivity contribution >= 4 is 0 Å². The van der Waals surface area contributed by atoms with Crippen LogP contribution in [0.4, 0.5) is 0 Å². The molecule has 1 unspecified atom stereocenters. The van der Waals surface area contributed by atoms with Crippen LogP contribution in [0.5, 0.6) is 0 Å². The van der Waals surface area contributed by atoms with Gasteiger partial charge in [-0.1, -0.05) is 6.08 Å². The van der Waals surface area contributed by atoms with Crippen LogP contribution < -0.4 is 16.7 Å². The summed E-state index contributed by atoms with van der Waals surface area (Å²) in [5.74, 6) is 0. The first-order valence-corrected chi connectivity index (χ1v) is 6.64. The SMILES string of the molecule is C=CCNOC[C@H]1O[C@@H](n2cc(C)c(=O)[nH]c2=O)CC1O. The molecule has 1 aromatic heterocycles. The smallest absolute Gasteiger partial charge is 0.330 e. The molecule has 1 fully saturated rings. The van der Waals surface area contributed by atoms with Gasteiger partial charge < -0.3 is 9.84 Å². The molecule has 1 aliphatic rings. The predicted octanol–water partition coefficient (Wildman–Crippen LogP) is -0.799. The summed E-state index contributed by atoms with van der Waals surface area (Å²) < 4.78 is 6.89. The van der Waals surface area contributed by atoms with Crippen molar-refractivity contribution in [1.82, 2.24) is 15.0 Å². The molecule has 0 amide bonds. The van der Waals surface area contributed by atoms with Gasteiger partial charge in [-0.25, -0.2) is 4.79 Å². The maximum absolute atomic E-state index is 11.8. The van der Waals surface area contributed by atoms with Crippen LogP contribution in [0.3, 0.4) is 0 Å². The van der Waals surface area contributed by atoms with E-state index in [2.05, 4.69) is 17.0 Å². The number of aromatic nitrogens is 2. The third-order valence-corrected chi connectivity index (χ3v) is 3.24. The highest BCUT2D eigenvalue weighted by Gasteiger charge is 2.35. The summed E-state index contributed by atoms with van der Waals surface area (Å²) in [6.45, 7) is 5.75. The Hall–Kier alpha value is -1.74. The summed E-state index contributed by atoms with van der Waals surface area (Å²) in [5.41, 5.74) is 2.05. The lowest BCUT2D eigenvalue weighted by atomic mass is 10.2. The number of rotatable bonds is 6. The first-order valence-electron chi connectivity index (χ1n) is 6.64. The van der Waals surface area contributed by atoms with Gasteiger partial charge in [0.15, 0.2) is 0 Å². The number of ether oxygens (including phenoxy) is 1. The van der Waals surface area contributed by atoms with E-state index in [0.717, 1.165) is 0 Å². The van der Waals surface area contributed by atoms with Gasteiger partial charge in [0, 0.05) is 24.7 Å². The first-order chi connectivity index (χ1) is 10.0. The second-order valence-corrected chi connectivity index (χ2v) is 4.86. The number of aromatic amines is 1. The molecule has 3 atom stereocenters. The monoisotopic (exact) mass is 297 g/mol. The van der Waals surface area contributed by atoms with Gasteiger partial charge >= 0.3 is 5.69 Å². The molecule has 8 heteroatoms. The van der Waals surface area contributed by atoms with Gasteiger partial charge in [0.25, 0.3) is 5.56 Å². The van der Waals surface area contributed by atoms with E-state index in [9.17, 15) is 14.7 Å². The highest BCUT2D eigenvalue weighted by atomic mass is 16.7. The van der Waals surface area contributed by atoms with E-state index in [1.807, 2.05) is 0 Å². The summed E-state index contributed by atoms with van der Waals surface area (Å²) in [6.07, 6.45) is 1.39. The Morgan fingerprint density at radius 3 is 3.14 bits per heavy atom. The van der Waals surface area contributed by atoms with Crippen LogP contribution >= 0.6 is 0 Å². The molecule has 0 spiro atoms. The zero-order chi connectivity index (χ0) is 15.4. The maximum Gasteiger partial charge on any atom is 0.330 e. The number of nitrogens with one attached hydrogen (secondary N) is 2. The molecule has 116 valence electrons. The molecular weight excluding hydrogens is 278 g/mol. The van der Waals surface area contributed by atoms with E-state index in [1.165, 1.54) is 10.8 Å². The quantitative estimate of drug-likeness (QED) is 0.361. The van der Waals surface area contributed by atoms with Crippen LogP contribution in [0.1, 0.15) is 18.2 Å². The third kappa shape index (κ3) is 3.67. The Balaban J connectivity index is 2.03. The van der Waals surface area contributed by atoms with E-state index in [-0.39, 0.29) is 13.0 Å².